The molecule has 1 amide bonds. The molecular weight excluding hydrogens is 330 g/mol. The van der Waals surface area contributed by atoms with Gasteiger partial charge in [0.1, 0.15) is 5.75 Å². The van der Waals surface area contributed by atoms with Gasteiger partial charge in [-0.15, -0.1) is 0 Å². The van der Waals surface area contributed by atoms with Gasteiger partial charge in [-0.3, -0.25) is 9.59 Å². The predicted molar refractivity (Wildman–Crippen MR) is 98.1 cm³/mol. The quantitative estimate of drug-likeness (QED) is 0.867. The van der Waals surface area contributed by atoms with Crippen molar-refractivity contribution in [2.75, 3.05) is 19.7 Å². The Hall–Kier alpha value is -2.82. The van der Waals surface area contributed by atoms with E-state index in [0.29, 0.717) is 12.3 Å². The summed E-state index contributed by atoms with van der Waals surface area (Å²) < 4.78 is 5.78. The molecule has 0 unspecified atom stereocenters. The highest BCUT2D eigenvalue weighted by atomic mass is 16.5. The molecule has 1 heterocycles. The number of nitrogens with zero attached hydrogens (tertiary/aromatic N) is 1. The van der Waals surface area contributed by atoms with Gasteiger partial charge in [0, 0.05) is 19.5 Å². The van der Waals surface area contributed by atoms with Gasteiger partial charge in [-0.2, -0.15) is 0 Å². The van der Waals surface area contributed by atoms with Gasteiger partial charge < -0.3 is 14.7 Å². The van der Waals surface area contributed by atoms with Gasteiger partial charge in [0.25, 0.3) is 5.91 Å². The van der Waals surface area contributed by atoms with Gasteiger partial charge in [-0.05, 0) is 23.1 Å². The molecule has 0 saturated carbocycles. The SMILES string of the molecule is C[C@@H]1CN(C(=O)COc2ccccc2Cc2ccccc2)C[C@H]1C(=O)O. The average Bonchev–Trinajstić information content (AvgIpc) is 3.04. The second kappa shape index (κ2) is 8.04. The summed E-state index contributed by atoms with van der Waals surface area (Å²) in [4.78, 5) is 25.2. The smallest absolute Gasteiger partial charge is 0.308 e. The fraction of sp³-hybridized carbons (Fsp3) is 0.333. The third kappa shape index (κ3) is 4.23. The number of rotatable bonds is 6. The standard InChI is InChI=1S/C21H23NO4/c1-15-12-22(13-18(15)21(24)25)20(23)14-26-19-10-6-5-9-17(19)11-16-7-3-2-4-8-16/h2-10,15,18H,11-14H2,1H3,(H,24,25)/t15-,18-/m1/s1. The van der Waals surface area contributed by atoms with Gasteiger partial charge in [0.05, 0.1) is 5.92 Å². The number of carbonyl (C=O) groups excluding carboxylic acids is 1. The number of aliphatic carboxylic acids is 1. The number of hydrogen-bond donors (Lipinski definition) is 1. The summed E-state index contributed by atoms with van der Waals surface area (Å²) in [5.41, 5.74) is 2.19. The van der Waals surface area contributed by atoms with Crippen LogP contribution < -0.4 is 4.74 Å². The van der Waals surface area contributed by atoms with E-state index in [4.69, 9.17) is 4.74 Å². The first-order valence-electron chi connectivity index (χ1n) is 8.80. The van der Waals surface area contributed by atoms with Crippen LogP contribution in [-0.2, 0) is 16.0 Å². The van der Waals surface area contributed by atoms with Crippen LogP contribution in [0.5, 0.6) is 5.75 Å². The van der Waals surface area contributed by atoms with Crippen LogP contribution in [0.25, 0.3) is 0 Å². The number of amides is 1. The molecule has 3 rings (SSSR count). The zero-order chi connectivity index (χ0) is 18.5. The maximum absolute atomic E-state index is 12.4. The van der Waals surface area contributed by atoms with Crippen LogP contribution in [0.3, 0.4) is 0 Å². The first-order valence-corrected chi connectivity index (χ1v) is 8.80. The highest BCUT2D eigenvalue weighted by Crippen LogP contribution is 2.24. The molecule has 0 bridgehead atoms. The molecule has 2 atom stereocenters. The van der Waals surface area contributed by atoms with Crippen molar-refractivity contribution in [2.24, 2.45) is 11.8 Å². The number of carboxylic acids is 1. The highest BCUT2D eigenvalue weighted by molar-refractivity contribution is 5.80. The Morgan fingerprint density at radius 1 is 1.08 bits per heavy atom. The lowest BCUT2D eigenvalue weighted by Crippen LogP contribution is -2.34. The number of hydrogen-bond acceptors (Lipinski definition) is 3. The number of ether oxygens (including phenoxy) is 1. The van der Waals surface area contributed by atoms with E-state index in [2.05, 4.69) is 12.1 Å². The van der Waals surface area contributed by atoms with Crippen LogP contribution in [0.1, 0.15) is 18.1 Å². The molecule has 2 aromatic rings. The van der Waals surface area contributed by atoms with Crippen molar-refractivity contribution in [3.63, 3.8) is 0 Å². The van der Waals surface area contributed by atoms with Crippen LogP contribution in [-0.4, -0.2) is 41.6 Å². The molecule has 26 heavy (non-hydrogen) atoms. The number of carbonyl (C=O) groups is 2. The molecule has 1 aliphatic rings. The minimum atomic E-state index is -0.845. The van der Waals surface area contributed by atoms with Crippen LogP contribution >= 0.6 is 0 Å². The van der Waals surface area contributed by atoms with Crippen LogP contribution in [0.4, 0.5) is 0 Å². The molecular formula is C21H23NO4. The molecule has 0 aliphatic carbocycles. The Morgan fingerprint density at radius 3 is 2.46 bits per heavy atom. The van der Waals surface area contributed by atoms with E-state index in [1.54, 1.807) is 4.90 Å². The largest absolute Gasteiger partial charge is 0.483 e. The molecule has 0 aromatic heterocycles. The molecule has 1 aliphatic heterocycles. The van der Waals surface area contributed by atoms with Crippen molar-refractivity contribution in [1.82, 2.24) is 4.90 Å². The fourth-order valence-corrected chi connectivity index (χ4v) is 3.33. The molecule has 5 heteroatoms. The zero-order valence-corrected chi connectivity index (χ0v) is 14.8. The monoisotopic (exact) mass is 353 g/mol. The summed E-state index contributed by atoms with van der Waals surface area (Å²) in [7, 11) is 0. The lowest BCUT2D eigenvalue weighted by atomic mass is 9.99. The normalized spacial score (nSPS) is 19.3. The average molecular weight is 353 g/mol. The lowest BCUT2D eigenvalue weighted by Gasteiger charge is -2.17. The van der Waals surface area contributed by atoms with Crippen LogP contribution in [0.15, 0.2) is 54.6 Å². The van der Waals surface area contributed by atoms with Gasteiger partial charge in [0.2, 0.25) is 0 Å². The van der Waals surface area contributed by atoms with E-state index in [0.717, 1.165) is 12.0 Å². The van der Waals surface area contributed by atoms with E-state index >= 15 is 0 Å². The van der Waals surface area contributed by atoms with Gasteiger partial charge in [0.15, 0.2) is 6.61 Å². The van der Waals surface area contributed by atoms with E-state index in [-0.39, 0.29) is 25.0 Å². The van der Waals surface area contributed by atoms with E-state index in [9.17, 15) is 14.7 Å². The second-order valence-corrected chi connectivity index (χ2v) is 6.78. The third-order valence-electron chi connectivity index (χ3n) is 4.84. The van der Waals surface area contributed by atoms with Gasteiger partial charge in [-0.1, -0.05) is 55.5 Å². The summed E-state index contributed by atoms with van der Waals surface area (Å²) in [5, 5.41) is 9.20. The fourth-order valence-electron chi connectivity index (χ4n) is 3.33. The summed E-state index contributed by atoms with van der Waals surface area (Å²) in [6.45, 7) is 2.50. The Kier molecular flexibility index (Phi) is 5.56. The highest BCUT2D eigenvalue weighted by Gasteiger charge is 2.36. The van der Waals surface area contributed by atoms with Crippen molar-refractivity contribution in [3.8, 4) is 5.75 Å². The van der Waals surface area contributed by atoms with E-state index < -0.39 is 11.9 Å². The molecule has 1 saturated heterocycles. The minimum Gasteiger partial charge on any atom is -0.483 e. The number of likely N-dealkylation sites (tertiary alicyclic amines) is 1. The second-order valence-electron chi connectivity index (χ2n) is 6.78. The summed E-state index contributed by atoms with van der Waals surface area (Å²) in [6, 6.07) is 17.8. The van der Waals surface area contributed by atoms with E-state index in [1.807, 2.05) is 49.4 Å². The lowest BCUT2D eigenvalue weighted by molar-refractivity contribution is -0.142. The minimum absolute atomic E-state index is 0.0400. The van der Waals surface area contributed by atoms with Crippen molar-refractivity contribution in [2.45, 2.75) is 13.3 Å². The molecule has 5 nitrogen and oxygen atoms in total. The number of para-hydroxylation sites is 1. The summed E-state index contributed by atoms with van der Waals surface area (Å²) >= 11 is 0. The Bertz CT molecular complexity index is 775. The van der Waals surface area contributed by atoms with Crippen molar-refractivity contribution in [3.05, 3.63) is 65.7 Å². The van der Waals surface area contributed by atoms with Crippen molar-refractivity contribution < 1.29 is 19.4 Å². The van der Waals surface area contributed by atoms with Gasteiger partial charge >= 0.3 is 5.97 Å². The molecule has 136 valence electrons. The molecule has 0 spiro atoms. The van der Waals surface area contributed by atoms with Crippen LogP contribution in [0.2, 0.25) is 0 Å². The Morgan fingerprint density at radius 2 is 1.77 bits per heavy atom. The van der Waals surface area contributed by atoms with Crippen LogP contribution in [0, 0.1) is 11.8 Å². The van der Waals surface area contributed by atoms with Crippen molar-refractivity contribution >= 4 is 11.9 Å². The number of benzene rings is 2. The van der Waals surface area contributed by atoms with Crippen molar-refractivity contribution in [1.29, 1.82) is 0 Å². The Balaban J connectivity index is 1.61. The zero-order valence-electron chi connectivity index (χ0n) is 14.8. The predicted octanol–water partition coefficient (Wildman–Crippen LogP) is 2.84. The van der Waals surface area contributed by atoms with Gasteiger partial charge in [-0.25, -0.2) is 0 Å². The third-order valence-corrected chi connectivity index (χ3v) is 4.84. The number of carboxylic acid groups (broad SMARTS) is 1. The first kappa shape index (κ1) is 18.0. The first-order chi connectivity index (χ1) is 12.5. The topological polar surface area (TPSA) is 66.8 Å². The molecule has 0 radical (unpaired) electrons. The maximum atomic E-state index is 12.4. The van der Waals surface area contributed by atoms with E-state index in [1.165, 1.54) is 5.56 Å². The summed E-state index contributed by atoms with van der Waals surface area (Å²) in [6.07, 6.45) is 0.729. The molecule has 1 fully saturated rings. The maximum Gasteiger partial charge on any atom is 0.308 e. The molecule has 2 aromatic carbocycles. The molecule has 1 N–H and O–H groups in total. The summed E-state index contributed by atoms with van der Waals surface area (Å²) in [5.74, 6) is -0.866. The Labute approximate surface area is 153 Å².